The van der Waals surface area contributed by atoms with Crippen LogP contribution in [0.2, 0.25) is 0 Å². The van der Waals surface area contributed by atoms with Gasteiger partial charge in [-0.25, -0.2) is 4.68 Å². The second kappa shape index (κ2) is 4.39. The molecule has 0 radical (unpaired) electrons. The van der Waals surface area contributed by atoms with Crippen molar-refractivity contribution in [3.63, 3.8) is 0 Å². The second-order valence-electron chi connectivity index (χ2n) is 4.24. The Bertz CT molecular complexity index is 339. The molecule has 0 aliphatic rings. The number of aryl methyl sites for hydroxylation is 1. The average Bonchev–Trinajstić information content (AvgIpc) is 2.47. The SMILES string of the molecule is Cn1ncnc1NC(=O)CCC(C)(C)N. The molecule has 1 amide bonds. The van der Waals surface area contributed by atoms with Crippen molar-refractivity contribution in [1.29, 1.82) is 0 Å². The van der Waals surface area contributed by atoms with Gasteiger partial charge in [0.1, 0.15) is 6.33 Å². The van der Waals surface area contributed by atoms with Crippen molar-refractivity contribution in [2.75, 3.05) is 5.32 Å². The van der Waals surface area contributed by atoms with Crippen molar-refractivity contribution >= 4 is 11.9 Å². The highest BCUT2D eigenvalue weighted by Crippen LogP contribution is 2.08. The zero-order valence-corrected chi connectivity index (χ0v) is 9.32. The summed E-state index contributed by atoms with van der Waals surface area (Å²) in [6, 6.07) is 0. The van der Waals surface area contributed by atoms with Gasteiger partial charge in [-0.1, -0.05) is 0 Å². The first kappa shape index (κ1) is 11.6. The van der Waals surface area contributed by atoms with E-state index in [0.29, 0.717) is 18.8 Å². The molecule has 3 N–H and O–H groups in total. The maximum absolute atomic E-state index is 11.5. The molecule has 0 fully saturated rings. The molecule has 0 saturated heterocycles. The fourth-order valence-electron chi connectivity index (χ4n) is 1.03. The summed E-state index contributed by atoms with van der Waals surface area (Å²) in [6.07, 6.45) is 2.41. The van der Waals surface area contributed by atoms with Gasteiger partial charge in [0.2, 0.25) is 11.9 Å². The predicted molar refractivity (Wildman–Crippen MR) is 57.1 cm³/mol. The molecule has 15 heavy (non-hydrogen) atoms. The van der Waals surface area contributed by atoms with Gasteiger partial charge < -0.3 is 5.73 Å². The Labute approximate surface area is 88.9 Å². The Balaban J connectivity index is 2.41. The number of anilines is 1. The summed E-state index contributed by atoms with van der Waals surface area (Å²) in [6.45, 7) is 3.78. The Hall–Kier alpha value is -1.43. The first-order valence-corrected chi connectivity index (χ1v) is 4.81. The first-order valence-electron chi connectivity index (χ1n) is 4.81. The van der Waals surface area contributed by atoms with E-state index in [4.69, 9.17) is 5.73 Å². The summed E-state index contributed by atoms with van der Waals surface area (Å²) in [5.41, 5.74) is 5.45. The molecule has 0 aromatic carbocycles. The van der Waals surface area contributed by atoms with Crippen LogP contribution in [0.1, 0.15) is 26.7 Å². The van der Waals surface area contributed by atoms with Crippen molar-refractivity contribution in [3.05, 3.63) is 6.33 Å². The number of amides is 1. The van der Waals surface area contributed by atoms with Crippen molar-refractivity contribution in [1.82, 2.24) is 14.8 Å². The number of nitrogens with one attached hydrogen (secondary N) is 1. The molecule has 6 heteroatoms. The van der Waals surface area contributed by atoms with Crippen LogP contribution in [0, 0.1) is 0 Å². The van der Waals surface area contributed by atoms with Crippen LogP contribution in [0.15, 0.2) is 6.33 Å². The molecule has 0 saturated carbocycles. The molecule has 1 rings (SSSR count). The number of carbonyl (C=O) groups is 1. The number of hydrogen-bond acceptors (Lipinski definition) is 4. The molecule has 0 spiro atoms. The molecule has 1 aromatic heterocycles. The van der Waals surface area contributed by atoms with E-state index in [1.54, 1.807) is 7.05 Å². The van der Waals surface area contributed by atoms with Crippen LogP contribution in [0.4, 0.5) is 5.95 Å². The number of carbonyl (C=O) groups excluding carboxylic acids is 1. The molecular formula is C9H17N5O. The third kappa shape index (κ3) is 4.07. The monoisotopic (exact) mass is 211 g/mol. The lowest BCUT2D eigenvalue weighted by molar-refractivity contribution is -0.116. The van der Waals surface area contributed by atoms with Gasteiger partial charge in [-0.2, -0.15) is 10.1 Å². The van der Waals surface area contributed by atoms with E-state index < -0.39 is 0 Å². The standard InChI is InChI=1S/C9H17N5O/c1-9(2,10)5-4-7(15)13-8-11-6-12-14(8)3/h6H,4-5,10H2,1-3H3,(H,11,12,13,15). The van der Waals surface area contributed by atoms with Gasteiger partial charge in [-0.05, 0) is 20.3 Å². The minimum absolute atomic E-state index is 0.0929. The summed E-state index contributed by atoms with van der Waals surface area (Å²) in [5, 5.41) is 6.50. The van der Waals surface area contributed by atoms with E-state index in [1.807, 2.05) is 13.8 Å². The maximum atomic E-state index is 11.5. The fourth-order valence-corrected chi connectivity index (χ4v) is 1.03. The number of aromatic nitrogens is 3. The second-order valence-corrected chi connectivity index (χ2v) is 4.24. The van der Waals surface area contributed by atoms with Gasteiger partial charge in [0.15, 0.2) is 0 Å². The molecule has 0 aliphatic heterocycles. The molecular weight excluding hydrogens is 194 g/mol. The van der Waals surface area contributed by atoms with E-state index in [9.17, 15) is 4.79 Å². The van der Waals surface area contributed by atoms with Crippen molar-refractivity contribution in [3.8, 4) is 0 Å². The normalized spacial score (nSPS) is 11.5. The minimum atomic E-state index is -0.322. The van der Waals surface area contributed by atoms with Gasteiger partial charge in [0.05, 0.1) is 0 Å². The minimum Gasteiger partial charge on any atom is -0.326 e. The van der Waals surface area contributed by atoms with E-state index in [2.05, 4.69) is 15.4 Å². The van der Waals surface area contributed by atoms with E-state index in [0.717, 1.165) is 0 Å². The Morgan fingerprint density at radius 1 is 1.67 bits per heavy atom. The first-order chi connectivity index (χ1) is 6.88. The van der Waals surface area contributed by atoms with Crippen LogP contribution in [0.5, 0.6) is 0 Å². The lowest BCUT2D eigenvalue weighted by Crippen LogP contribution is -2.33. The van der Waals surface area contributed by atoms with Crippen LogP contribution >= 0.6 is 0 Å². The average molecular weight is 211 g/mol. The van der Waals surface area contributed by atoms with Crippen molar-refractivity contribution in [2.24, 2.45) is 12.8 Å². The number of nitrogens with two attached hydrogens (primary N) is 1. The Kier molecular flexibility index (Phi) is 3.41. The highest BCUT2D eigenvalue weighted by molar-refractivity contribution is 5.88. The summed E-state index contributed by atoms with van der Waals surface area (Å²) in [7, 11) is 1.72. The third-order valence-corrected chi connectivity index (χ3v) is 1.96. The predicted octanol–water partition coefficient (Wildman–Crippen LogP) is 0.271. The van der Waals surface area contributed by atoms with Crippen molar-refractivity contribution in [2.45, 2.75) is 32.2 Å². The van der Waals surface area contributed by atoms with Crippen LogP contribution in [-0.4, -0.2) is 26.2 Å². The van der Waals surface area contributed by atoms with Crippen LogP contribution in [-0.2, 0) is 11.8 Å². The van der Waals surface area contributed by atoms with E-state index in [1.165, 1.54) is 11.0 Å². The third-order valence-electron chi connectivity index (χ3n) is 1.96. The van der Waals surface area contributed by atoms with Crippen LogP contribution < -0.4 is 11.1 Å². The highest BCUT2D eigenvalue weighted by atomic mass is 16.1. The molecule has 6 nitrogen and oxygen atoms in total. The summed E-state index contributed by atoms with van der Waals surface area (Å²) in [4.78, 5) is 15.4. The van der Waals surface area contributed by atoms with Crippen LogP contribution in [0.3, 0.4) is 0 Å². The largest absolute Gasteiger partial charge is 0.326 e. The Morgan fingerprint density at radius 2 is 2.33 bits per heavy atom. The summed E-state index contributed by atoms with van der Waals surface area (Å²) < 4.78 is 1.51. The van der Waals surface area contributed by atoms with Crippen molar-refractivity contribution < 1.29 is 4.79 Å². The van der Waals surface area contributed by atoms with Gasteiger partial charge in [0.25, 0.3) is 0 Å². The van der Waals surface area contributed by atoms with E-state index >= 15 is 0 Å². The van der Waals surface area contributed by atoms with Crippen LogP contribution in [0.25, 0.3) is 0 Å². The smallest absolute Gasteiger partial charge is 0.227 e. The van der Waals surface area contributed by atoms with Gasteiger partial charge in [-0.3, -0.25) is 10.1 Å². The zero-order valence-electron chi connectivity index (χ0n) is 9.32. The summed E-state index contributed by atoms with van der Waals surface area (Å²) >= 11 is 0. The molecule has 1 aromatic rings. The lowest BCUT2D eigenvalue weighted by Gasteiger charge is -2.17. The molecule has 1 heterocycles. The maximum Gasteiger partial charge on any atom is 0.227 e. The Morgan fingerprint density at radius 3 is 2.80 bits per heavy atom. The quantitative estimate of drug-likeness (QED) is 0.748. The number of hydrogen-bond donors (Lipinski definition) is 2. The highest BCUT2D eigenvalue weighted by Gasteiger charge is 2.14. The fraction of sp³-hybridized carbons (Fsp3) is 0.667. The molecule has 0 atom stereocenters. The van der Waals surface area contributed by atoms with Gasteiger partial charge >= 0.3 is 0 Å². The number of rotatable bonds is 4. The van der Waals surface area contributed by atoms with Gasteiger partial charge in [0, 0.05) is 19.0 Å². The zero-order chi connectivity index (χ0) is 11.5. The van der Waals surface area contributed by atoms with E-state index in [-0.39, 0.29) is 11.4 Å². The molecule has 0 aliphatic carbocycles. The topological polar surface area (TPSA) is 85.8 Å². The molecule has 0 bridgehead atoms. The lowest BCUT2D eigenvalue weighted by atomic mass is 10.00. The van der Waals surface area contributed by atoms with Gasteiger partial charge in [-0.15, -0.1) is 0 Å². The molecule has 84 valence electrons. The summed E-state index contributed by atoms with van der Waals surface area (Å²) in [5.74, 6) is 0.361. The number of nitrogens with zero attached hydrogens (tertiary/aromatic N) is 3. The molecule has 0 unspecified atom stereocenters.